The summed E-state index contributed by atoms with van der Waals surface area (Å²) in [6.45, 7) is 1.79. The summed E-state index contributed by atoms with van der Waals surface area (Å²) in [6, 6.07) is 15.7. The van der Waals surface area contributed by atoms with Crippen molar-refractivity contribution in [2.24, 2.45) is 0 Å². The van der Waals surface area contributed by atoms with E-state index in [-0.39, 0.29) is 5.91 Å². The van der Waals surface area contributed by atoms with Gasteiger partial charge in [-0.1, -0.05) is 35.0 Å². The van der Waals surface area contributed by atoms with E-state index in [0.29, 0.717) is 22.3 Å². The van der Waals surface area contributed by atoms with Gasteiger partial charge in [0.1, 0.15) is 6.04 Å². The number of carbonyl (C=O) groups excluding carboxylic acids is 1. The number of halogens is 1. The summed E-state index contributed by atoms with van der Waals surface area (Å²) in [5, 5.41) is 7.41. The number of aromatic nitrogens is 2. The molecule has 0 bridgehead atoms. The fourth-order valence-corrected chi connectivity index (χ4v) is 2.18. The van der Waals surface area contributed by atoms with Gasteiger partial charge in [-0.05, 0) is 43.3 Å². The number of amides is 1. The van der Waals surface area contributed by atoms with Gasteiger partial charge in [-0.3, -0.25) is 4.79 Å². The van der Waals surface area contributed by atoms with Crippen LogP contribution in [-0.2, 0) is 0 Å². The van der Waals surface area contributed by atoms with Crippen molar-refractivity contribution in [3.63, 3.8) is 0 Å². The first-order valence-electron chi connectivity index (χ1n) is 7.09. The minimum atomic E-state index is -0.392. The Bertz CT molecular complexity index is 800. The van der Waals surface area contributed by atoms with E-state index in [0.717, 1.165) is 5.56 Å². The second kappa shape index (κ2) is 6.62. The Kier molecular flexibility index (Phi) is 4.39. The van der Waals surface area contributed by atoms with Crippen LogP contribution in [0.2, 0.25) is 5.02 Å². The number of nitrogens with one attached hydrogen (secondary N) is 1. The molecule has 116 valence electrons. The number of hydrogen-bond donors (Lipinski definition) is 1. The maximum Gasteiger partial charge on any atom is 0.251 e. The van der Waals surface area contributed by atoms with E-state index in [4.69, 9.17) is 16.1 Å². The Morgan fingerprint density at radius 3 is 2.52 bits per heavy atom. The molecule has 0 aliphatic carbocycles. The van der Waals surface area contributed by atoms with Gasteiger partial charge in [0.05, 0.1) is 0 Å². The van der Waals surface area contributed by atoms with Crippen molar-refractivity contribution >= 4 is 17.5 Å². The molecule has 1 N–H and O–H groups in total. The van der Waals surface area contributed by atoms with Crippen molar-refractivity contribution in [1.29, 1.82) is 0 Å². The monoisotopic (exact) mass is 327 g/mol. The van der Waals surface area contributed by atoms with Crippen LogP contribution in [0.1, 0.15) is 29.2 Å². The molecule has 1 amide bonds. The minimum Gasteiger partial charge on any atom is -0.341 e. The zero-order chi connectivity index (χ0) is 16.2. The van der Waals surface area contributed by atoms with Gasteiger partial charge in [-0.15, -0.1) is 0 Å². The fraction of sp³-hybridized carbons (Fsp3) is 0.118. The number of nitrogens with zero attached hydrogens (tertiary/aromatic N) is 2. The highest BCUT2D eigenvalue weighted by molar-refractivity contribution is 6.30. The van der Waals surface area contributed by atoms with Crippen molar-refractivity contribution in [3.05, 3.63) is 71.1 Å². The van der Waals surface area contributed by atoms with Crippen molar-refractivity contribution in [3.8, 4) is 11.4 Å². The lowest BCUT2D eigenvalue weighted by molar-refractivity contribution is 0.0932. The van der Waals surface area contributed by atoms with Crippen LogP contribution in [0.3, 0.4) is 0 Å². The maximum absolute atomic E-state index is 12.1. The third-order valence-electron chi connectivity index (χ3n) is 3.30. The van der Waals surface area contributed by atoms with Gasteiger partial charge in [-0.2, -0.15) is 4.98 Å². The van der Waals surface area contributed by atoms with E-state index in [2.05, 4.69) is 15.5 Å². The van der Waals surface area contributed by atoms with Gasteiger partial charge in [0.15, 0.2) is 0 Å². The van der Waals surface area contributed by atoms with Gasteiger partial charge >= 0.3 is 0 Å². The van der Waals surface area contributed by atoms with Crippen molar-refractivity contribution in [1.82, 2.24) is 15.5 Å². The van der Waals surface area contributed by atoms with E-state index in [9.17, 15) is 4.79 Å². The molecule has 0 radical (unpaired) electrons. The highest BCUT2D eigenvalue weighted by atomic mass is 35.5. The van der Waals surface area contributed by atoms with Crippen LogP contribution in [0.4, 0.5) is 0 Å². The van der Waals surface area contributed by atoms with Crippen molar-refractivity contribution in [2.75, 3.05) is 0 Å². The predicted octanol–water partition coefficient (Wildman–Crippen LogP) is 3.88. The van der Waals surface area contributed by atoms with Crippen LogP contribution >= 0.6 is 11.6 Å². The number of benzene rings is 2. The number of rotatable bonds is 4. The van der Waals surface area contributed by atoms with Crippen LogP contribution in [0.5, 0.6) is 0 Å². The minimum absolute atomic E-state index is 0.190. The quantitative estimate of drug-likeness (QED) is 0.789. The van der Waals surface area contributed by atoms with Crippen LogP contribution in [0, 0.1) is 0 Å². The Labute approximate surface area is 138 Å². The van der Waals surface area contributed by atoms with Gasteiger partial charge in [0.2, 0.25) is 11.7 Å². The van der Waals surface area contributed by atoms with Crippen LogP contribution in [0.15, 0.2) is 59.1 Å². The molecule has 1 heterocycles. The normalized spacial score (nSPS) is 11.9. The van der Waals surface area contributed by atoms with Gasteiger partial charge in [0, 0.05) is 16.1 Å². The third-order valence-corrected chi connectivity index (χ3v) is 3.55. The average Bonchev–Trinajstić information content (AvgIpc) is 3.06. The molecule has 0 saturated carbocycles. The molecular formula is C17H14ClN3O2. The molecule has 2 aromatic carbocycles. The number of carbonyl (C=O) groups is 1. The van der Waals surface area contributed by atoms with E-state index >= 15 is 0 Å². The zero-order valence-electron chi connectivity index (χ0n) is 12.4. The fourth-order valence-electron chi connectivity index (χ4n) is 2.06. The molecule has 1 atom stereocenters. The zero-order valence-corrected chi connectivity index (χ0v) is 13.1. The van der Waals surface area contributed by atoms with Crippen LogP contribution in [-0.4, -0.2) is 16.0 Å². The summed E-state index contributed by atoms with van der Waals surface area (Å²) in [5.41, 5.74) is 1.38. The lowest BCUT2D eigenvalue weighted by Gasteiger charge is -2.09. The Morgan fingerprint density at radius 1 is 1.13 bits per heavy atom. The summed E-state index contributed by atoms with van der Waals surface area (Å²) < 4.78 is 5.24. The summed E-state index contributed by atoms with van der Waals surface area (Å²) in [7, 11) is 0. The molecule has 5 nitrogen and oxygen atoms in total. The summed E-state index contributed by atoms with van der Waals surface area (Å²) in [6.07, 6.45) is 0. The smallest absolute Gasteiger partial charge is 0.251 e. The molecule has 1 unspecified atom stereocenters. The van der Waals surface area contributed by atoms with Crippen molar-refractivity contribution in [2.45, 2.75) is 13.0 Å². The molecule has 3 rings (SSSR count). The van der Waals surface area contributed by atoms with E-state index in [1.165, 1.54) is 0 Å². The highest BCUT2D eigenvalue weighted by Gasteiger charge is 2.18. The maximum atomic E-state index is 12.1. The molecule has 0 aliphatic rings. The van der Waals surface area contributed by atoms with E-state index < -0.39 is 6.04 Å². The summed E-state index contributed by atoms with van der Waals surface area (Å²) >= 11 is 5.86. The predicted molar refractivity (Wildman–Crippen MR) is 87.1 cm³/mol. The first-order valence-corrected chi connectivity index (χ1v) is 7.47. The van der Waals surface area contributed by atoms with Crippen LogP contribution < -0.4 is 5.32 Å². The topological polar surface area (TPSA) is 68.0 Å². The molecular weight excluding hydrogens is 314 g/mol. The second-order valence-electron chi connectivity index (χ2n) is 5.02. The highest BCUT2D eigenvalue weighted by Crippen LogP contribution is 2.20. The second-order valence-corrected chi connectivity index (χ2v) is 5.46. The first kappa shape index (κ1) is 15.2. The summed E-state index contributed by atoms with van der Waals surface area (Å²) in [5.74, 6) is 0.612. The Hall–Kier alpha value is -2.66. The third kappa shape index (κ3) is 3.57. The molecule has 23 heavy (non-hydrogen) atoms. The lowest BCUT2D eigenvalue weighted by atomic mass is 10.2. The Balaban J connectivity index is 1.72. The molecule has 0 spiro atoms. The molecule has 6 heteroatoms. The van der Waals surface area contributed by atoms with E-state index in [1.54, 1.807) is 31.2 Å². The van der Waals surface area contributed by atoms with E-state index in [1.807, 2.05) is 30.3 Å². The van der Waals surface area contributed by atoms with Crippen LogP contribution in [0.25, 0.3) is 11.4 Å². The van der Waals surface area contributed by atoms with Gasteiger partial charge < -0.3 is 9.84 Å². The lowest BCUT2D eigenvalue weighted by Crippen LogP contribution is -2.26. The largest absolute Gasteiger partial charge is 0.341 e. The molecule has 3 aromatic rings. The molecule has 1 aromatic heterocycles. The first-order chi connectivity index (χ1) is 11.1. The standard InChI is InChI=1S/C17H14ClN3O2/c1-11(19-16(22)13-5-3-2-4-6-13)17-20-15(21-23-17)12-7-9-14(18)10-8-12/h2-11H,1H3,(H,19,22). The van der Waals surface area contributed by atoms with Gasteiger partial charge in [0.25, 0.3) is 5.91 Å². The molecule has 0 saturated heterocycles. The molecule has 0 fully saturated rings. The molecule has 0 aliphatic heterocycles. The van der Waals surface area contributed by atoms with Crippen molar-refractivity contribution < 1.29 is 9.32 Å². The summed E-state index contributed by atoms with van der Waals surface area (Å²) in [4.78, 5) is 16.4. The Morgan fingerprint density at radius 2 is 1.83 bits per heavy atom. The van der Waals surface area contributed by atoms with Gasteiger partial charge in [-0.25, -0.2) is 0 Å². The average molecular weight is 328 g/mol. The SMILES string of the molecule is CC(NC(=O)c1ccccc1)c1nc(-c2ccc(Cl)cc2)no1. The number of hydrogen-bond acceptors (Lipinski definition) is 4.